The molecule has 2 N–H and O–H groups in total. The Bertz CT molecular complexity index is 752. The normalized spacial score (nSPS) is 11.0. The molecule has 1 aromatic carbocycles. The largest absolute Gasteiger partial charge is 0.416 e. The first kappa shape index (κ1) is 17.2. The summed E-state index contributed by atoms with van der Waals surface area (Å²) in [6, 6.07) is 7.22. The molecule has 0 atom stereocenters. The van der Waals surface area contributed by atoms with Crippen LogP contribution >= 0.6 is 23.8 Å². The number of hydrogen-bond acceptors (Lipinski definition) is 3. The maximum atomic E-state index is 12.6. The fourth-order valence-electron chi connectivity index (χ4n) is 1.65. The van der Waals surface area contributed by atoms with Crippen molar-refractivity contribution in [2.45, 2.75) is 6.18 Å². The quantitative estimate of drug-likeness (QED) is 0.631. The van der Waals surface area contributed by atoms with Crippen LogP contribution in [0.25, 0.3) is 0 Å². The summed E-state index contributed by atoms with van der Waals surface area (Å²) in [6.45, 7) is 0. The van der Waals surface area contributed by atoms with Crippen LogP contribution in [0.4, 0.5) is 18.9 Å². The van der Waals surface area contributed by atoms with E-state index in [0.29, 0.717) is 0 Å². The first-order valence-corrected chi connectivity index (χ1v) is 6.95. The van der Waals surface area contributed by atoms with E-state index >= 15 is 0 Å². The van der Waals surface area contributed by atoms with Gasteiger partial charge in [0, 0.05) is 17.4 Å². The molecular weight excluding hydrogens is 351 g/mol. The first-order chi connectivity index (χ1) is 10.8. The number of nitrogens with one attached hydrogen (secondary N) is 2. The van der Waals surface area contributed by atoms with Crippen LogP contribution in [-0.4, -0.2) is 16.0 Å². The van der Waals surface area contributed by atoms with E-state index in [-0.39, 0.29) is 21.5 Å². The Balaban J connectivity index is 2.04. The molecule has 0 aliphatic heterocycles. The molecular formula is C14H9ClF3N3OS. The average molecular weight is 360 g/mol. The first-order valence-electron chi connectivity index (χ1n) is 6.17. The summed E-state index contributed by atoms with van der Waals surface area (Å²) >= 11 is 10.6. The Kier molecular flexibility index (Phi) is 5.17. The molecule has 0 spiro atoms. The molecule has 0 fully saturated rings. The summed E-state index contributed by atoms with van der Waals surface area (Å²) in [7, 11) is 0. The summed E-state index contributed by atoms with van der Waals surface area (Å²) in [4.78, 5) is 15.7. The molecule has 0 unspecified atom stereocenters. The van der Waals surface area contributed by atoms with Gasteiger partial charge in [-0.1, -0.05) is 17.7 Å². The minimum absolute atomic E-state index is 0.109. The van der Waals surface area contributed by atoms with E-state index in [1.807, 2.05) is 0 Å². The van der Waals surface area contributed by atoms with Crippen molar-refractivity contribution >= 4 is 40.5 Å². The predicted octanol–water partition coefficient (Wildman–Crippen LogP) is 3.88. The van der Waals surface area contributed by atoms with Gasteiger partial charge in [-0.2, -0.15) is 13.2 Å². The van der Waals surface area contributed by atoms with E-state index in [9.17, 15) is 18.0 Å². The van der Waals surface area contributed by atoms with Crippen LogP contribution in [0.5, 0.6) is 0 Å². The van der Waals surface area contributed by atoms with E-state index in [2.05, 4.69) is 15.6 Å². The highest BCUT2D eigenvalue weighted by Crippen LogP contribution is 2.30. The molecule has 0 saturated heterocycles. The maximum absolute atomic E-state index is 12.6. The molecule has 23 heavy (non-hydrogen) atoms. The standard InChI is InChI=1S/C14H9ClF3N3OS/c15-11-6-8(4-5-19-11)12(22)21-13(23)20-10-3-1-2-9(7-10)14(16,17)18/h1-7H,(H2,20,21,22,23). The Morgan fingerprint density at radius 3 is 2.61 bits per heavy atom. The lowest BCUT2D eigenvalue weighted by Crippen LogP contribution is -2.34. The molecule has 1 amide bonds. The fourth-order valence-corrected chi connectivity index (χ4v) is 2.04. The van der Waals surface area contributed by atoms with Gasteiger partial charge in [-0.15, -0.1) is 0 Å². The van der Waals surface area contributed by atoms with Crippen LogP contribution in [-0.2, 0) is 6.18 Å². The SMILES string of the molecule is O=C(NC(=S)Nc1cccc(C(F)(F)F)c1)c1ccnc(Cl)c1. The van der Waals surface area contributed by atoms with E-state index < -0.39 is 17.6 Å². The number of aromatic nitrogens is 1. The van der Waals surface area contributed by atoms with Gasteiger partial charge in [0.2, 0.25) is 0 Å². The maximum Gasteiger partial charge on any atom is 0.416 e. The van der Waals surface area contributed by atoms with Crippen molar-refractivity contribution in [3.63, 3.8) is 0 Å². The minimum Gasteiger partial charge on any atom is -0.332 e. The number of nitrogens with zero attached hydrogens (tertiary/aromatic N) is 1. The van der Waals surface area contributed by atoms with Crippen molar-refractivity contribution in [3.05, 3.63) is 58.9 Å². The van der Waals surface area contributed by atoms with Crippen LogP contribution in [0.15, 0.2) is 42.6 Å². The van der Waals surface area contributed by atoms with Gasteiger partial charge in [0.1, 0.15) is 5.15 Å². The van der Waals surface area contributed by atoms with Crippen molar-refractivity contribution < 1.29 is 18.0 Å². The third-order valence-electron chi connectivity index (χ3n) is 2.66. The molecule has 0 radical (unpaired) electrons. The van der Waals surface area contributed by atoms with Gasteiger partial charge in [-0.25, -0.2) is 4.98 Å². The number of pyridine rings is 1. The third kappa shape index (κ3) is 4.90. The number of amides is 1. The van der Waals surface area contributed by atoms with Crippen LogP contribution < -0.4 is 10.6 Å². The number of alkyl halides is 3. The lowest BCUT2D eigenvalue weighted by molar-refractivity contribution is -0.137. The van der Waals surface area contributed by atoms with Crippen LogP contribution in [0.2, 0.25) is 5.15 Å². The predicted molar refractivity (Wildman–Crippen MR) is 84.4 cm³/mol. The summed E-state index contributed by atoms with van der Waals surface area (Å²) in [6.07, 6.45) is -3.11. The molecule has 120 valence electrons. The van der Waals surface area contributed by atoms with Crippen LogP contribution in [0.1, 0.15) is 15.9 Å². The van der Waals surface area contributed by atoms with Gasteiger partial charge in [-0.3, -0.25) is 10.1 Å². The molecule has 4 nitrogen and oxygen atoms in total. The number of carbonyl (C=O) groups excluding carboxylic acids is 1. The Hall–Kier alpha value is -2.19. The van der Waals surface area contributed by atoms with Crippen molar-refractivity contribution in [3.8, 4) is 0 Å². The number of carbonyl (C=O) groups is 1. The van der Waals surface area contributed by atoms with Gasteiger partial charge in [-0.05, 0) is 42.5 Å². The zero-order valence-electron chi connectivity index (χ0n) is 11.3. The highest BCUT2D eigenvalue weighted by atomic mass is 35.5. The Morgan fingerprint density at radius 1 is 1.22 bits per heavy atom. The number of anilines is 1. The fraction of sp³-hybridized carbons (Fsp3) is 0.0714. The second-order valence-electron chi connectivity index (χ2n) is 4.35. The van der Waals surface area contributed by atoms with Gasteiger partial charge in [0.15, 0.2) is 5.11 Å². The molecule has 2 rings (SSSR count). The summed E-state index contributed by atoms with van der Waals surface area (Å²) < 4.78 is 37.9. The number of hydrogen-bond donors (Lipinski definition) is 2. The second-order valence-corrected chi connectivity index (χ2v) is 5.15. The van der Waals surface area contributed by atoms with E-state index in [4.69, 9.17) is 23.8 Å². The molecule has 0 saturated carbocycles. The monoisotopic (exact) mass is 359 g/mol. The molecule has 0 aliphatic rings. The van der Waals surface area contributed by atoms with Crippen molar-refractivity contribution in [2.75, 3.05) is 5.32 Å². The lowest BCUT2D eigenvalue weighted by atomic mass is 10.2. The van der Waals surface area contributed by atoms with E-state index in [1.165, 1.54) is 30.5 Å². The third-order valence-corrected chi connectivity index (χ3v) is 3.07. The highest BCUT2D eigenvalue weighted by Gasteiger charge is 2.30. The molecule has 9 heteroatoms. The summed E-state index contributed by atoms with van der Waals surface area (Å²) in [5.41, 5.74) is -0.492. The number of thiocarbonyl (C=S) groups is 1. The van der Waals surface area contributed by atoms with Crippen LogP contribution in [0.3, 0.4) is 0 Å². The minimum atomic E-state index is -4.46. The molecule has 1 aromatic heterocycles. The molecule has 0 bridgehead atoms. The van der Waals surface area contributed by atoms with E-state index in [0.717, 1.165) is 12.1 Å². The zero-order valence-corrected chi connectivity index (χ0v) is 12.9. The van der Waals surface area contributed by atoms with Crippen molar-refractivity contribution in [1.82, 2.24) is 10.3 Å². The van der Waals surface area contributed by atoms with E-state index in [1.54, 1.807) is 0 Å². The molecule has 0 aliphatic carbocycles. The van der Waals surface area contributed by atoms with Crippen molar-refractivity contribution in [1.29, 1.82) is 0 Å². The summed E-state index contributed by atoms with van der Waals surface area (Å²) in [5.74, 6) is -0.557. The lowest BCUT2D eigenvalue weighted by Gasteiger charge is -2.12. The van der Waals surface area contributed by atoms with Crippen LogP contribution in [0, 0.1) is 0 Å². The second kappa shape index (κ2) is 6.93. The molecule has 2 aromatic rings. The zero-order chi connectivity index (χ0) is 17.0. The Morgan fingerprint density at radius 2 is 1.96 bits per heavy atom. The average Bonchev–Trinajstić information content (AvgIpc) is 2.46. The number of halogens is 4. The molecule has 1 heterocycles. The van der Waals surface area contributed by atoms with Gasteiger partial charge < -0.3 is 5.32 Å². The topological polar surface area (TPSA) is 54.0 Å². The van der Waals surface area contributed by atoms with Crippen molar-refractivity contribution in [2.24, 2.45) is 0 Å². The smallest absolute Gasteiger partial charge is 0.332 e. The van der Waals surface area contributed by atoms with Gasteiger partial charge >= 0.3 is 6.18 Å². The number of benzene rings is 1. The van der Waals surface area contributed by atoms with Gasteiger partial charge in [0.25, 0.3) is 5.91 Å². The summed E-state index contributed by atoms with van der Waals surface area (Å²) in [5, 5.41) is 4.86. The van der Waals surface area contributed by atoms with Gasteiger partial charge in [0.05, 0.1) is 5.56 Å². The Labute approximate surface area is 139 Å². The highest BCUT2D eigenvalue weighted by molar-refractivity contribution is 7.80. The number of rotatable bonds is 2.